The van der Waals surface area contributed by atoms with Crippen LogP contribution in [-0.4, -0.2) is 49.8 Å². The summed E-state index contributed by atoms with van der Waals surface area (Å²) in [5.74, 6) is -1.43. The molecule has 0 radical (unpaired) electrons. The number of anilines is 1. The Morgan fingerprint density at radius 3 is 2.29 bits per heavy atom. The minimum absolute atomic E-state index is 0.0655. The van der Waals surface area contributed by atoms with Crippen LogP contribution in [0.15, 0.2) is 60.2 Å². The van der Waals surface area contributed by atoms with Gasteiger partial charge in [0.2, 0.25) is 5.54 Å². The molecule has 2 heterocycles. The fraction of sp³-hybridized carbons (Fsp3) is 0.414. The summed E-state index contributed by atoms with van der Waals surface area (Å²) in [7, 11) is 1.54. The van der Waals surface area contributed by atoms with Crippen molar-refractivity contribution in [2.75, 3.05) is 25.4 Å². The van der Waals surface area contributed by atoms with E-state index in [1.165, 1.54) is 5.06 Å². The Labute approximate surface area is 222 Å². The van der Waals surface area contributed by atoms with Gasteiger partial charge in [-0.3, -0.25) is 14.9 Å². The lowest BCUT2D eigenvalue weighted by Crippen LogP contribution is -2.57. The van der Waals surface area contributed by atoms with Crippen LogP contribution in [0.4, 0.5) is 5.69 Å². The first-order valence-corrected chi connectivity index (χ1v) is 12.7. The van der Waals surface area contributed by atoms with E-state index in [0.717, 1.165) is 11.1 Å². The van der Waals surface area contributed by atoms with Gasteiger partial charge in [0.15, 0.2) is 0 Å². The highest BCUT2D eigenvalue weighted by atomic mass is 16.7. The number of benzene rings is 2. The third-order valence-electron chi connectivity index (χ3n) is 6.90. The number of allylic oxidation sites excluding steroid dienone is 1. The van der Waals surface area contributed by atoms with Crippen molar-refractivity contribution in [2.45, 2.75) is 57.7 Å². The molecule has 0 unspecified atom stereocenters. The van der Waals surface area contributed by atoms with E-state index in [4.69, 9.17) is 19.0 Å². The highest BCUT2D eigenvalue weighted by Crippen LogP contribution is 2.54. The molecule has 2 aliphatic heterocycles. The van der Waals surface area contributed by atoms with Gasteiger partial charge >= 0.3 is 11.9 Å². The number of hydrogen-bond donors (Lipinski definition) is 1. The predicted octanol–water partition coefficient (Wildman–Crippen LogP) is 3.60. The Kier molecular flexibility index (Phi) is 7.89. The number of ether oxygens (including phenoxy) is 3. The van der Waals surface area contributed by atoms with Gasteiger partial charge in [-0.15, -0.1) is 0 Å². The second kappa shape index (κ2) is 11.0. The number of esters is 2. The summed E-state index contributed by atoms with van der Waals surface area (Å²) in [6.45, 7) is 7.38. The van der Waals surface area contributed by atoms with Gasteiger partial charge in [-0.05, 0) is 44.9 Å². The summed E-state index contributed by atoms with van der Waals surface area (Å²) >= 11 is 0. The Morgan fingerprint density at radius 2 is 1.71 bits per heavy atom. The zero-order valence-corrected chi connectivity index (χ0v) is 22.4. The van der Waals surface area contributed by atoms with Crippen LogP contribution in [0.1, 0.15) is 45.2 Å². The topological polar surface area (TPSA) is 103 Å². The molecule has 1 spiro atoms. The van der Waals surface area contributed by atoms with E-state index in [-0.39, 0.29) is 26.2 Å². The maximum atomic E-state index is 14.4. The van der Waals surface area contributed by atoms with Crippen molar-refractivity contribution in [1.82, 2.24) is 5.32 Å². The second-order valence-corrected chi connectivity index (χ2v) is 9.60. The maximum absolute atomic E-state index is 14.4. The number of carbonyl (C=O) groups is 3. The van der Waals surface area contributed by atoms with Crippen molar-refractivity contribution in [3.63, 3.8) is 0 Å². The second-order valence-electron chi connectivity index (χ2n) is 9.60. The molecule has 202 valence electrons. The Bertz CT molecular complexity index is 1220. The molecule has 1 amide bonds. The smallest absolute Gasteiger partial charge is 0.338 e. The zero-order chi connectivity index (χ0) is 27.5. The molecule has 1 saturated heterocycles. The van der Waals surface area contributed by atoms with Crippen LogP contribution in [0.25, 0.3) is 0 Å². The number of rotatable bonds is 9. The molecular weight excluding hydrogens is 488 g/mol. The van der Waals surface area contributed by atoms with Crippen molar-refractivity contribution >= 4 is 23.5 Å². The molecule has 2 aromatic rings. The lowest BCUT2D eigenvalue weighted by molar-refractivity contribution is -0.165. The molecule has 4 rings (SSSR count). The molecule has 1 N–H and O–H groups in total. The Balaban J connectivity index is 1.88. The van der Waals surface area contributed by atoms with Crippen molar-refractivity contribution in [3.8, 4) is 5.75 Å². The molecule has 9 nitrogen and oxygen atoms in total. The molecule has 0 saturated carbocycles. The number of hydrogen-bond acceptors (Lipinski definition) is 8. The number of fused-ring (bicyclic) bond motifs is 2. The minimum atomic E-state index is -1.88. The van der Waals surface area contributed by atoms with Gasteiger partial charge in [-0.2, -0.15) is 5.06 Å². The molecule has 2 atom stereocenters. The highest BCUT2D eigenvalue weighted by Gasteiger charge is 2.70. The number of nitrogens with one attached hydrogen (secondary N) is 1. The van der Waals surface area contributed by atoms with Gasteiger partial charge in [0.1, 0.15) is 17.8 Å². The predicted molar refractivity (Wildman–Crippen MR) is 140 cm³/mol. The quantitative estimate of drug-likeness (QED) is 0.303. The van der Waals surface area contributed by atoms with Crippen LogP contribution in [0, 0.1) is 0 Å². The maximum Gasteiger partial charge on any atom is 0.338 e. The third kappa shape index (κ3) is 4.56. The molecule has 0 bridgehead atoms. The lowest BCUT2D eigenvalue weighted by Gasteiger charge is -2.28. The summed E-state index contributed by atoms with van der Waals surface area (Å²) in [5, 5.41) is 4.43. The Morgan fingerprint density at radius 1 is 1.05 bits per heavy atom. The summed E-state index contributed by atoms with van der Waals surface area (Å²) in [4.78, 5) is 47.3. The van der Waals surface area contributed by atoms with Gasteiger partial charge in [-0.25, -0.2) is 9.59 Å². The highest BCUT2D eigenvalue weighted by molar-refractivity contribution is 6.13. The van der Waals surface area contributed by atoms with Gasteiger partial charge in [-0.1, -0.05) is 48.0 Å². The molecule has 2 aromatic carbocycles. The zero-order valence-electron chi connectivity index (χ0n) is 22.4. The third-order valence-corrected chi connectivity index (χ3v) is 6.90. The molecular formula is C29H34N2O7. The largest absolute Gasteiger partial charge is 0.497 e. The van der Waals surface area contributed by atoms with Gasteiger partial charge in [0.05, 0.1) is 26.0 Å². The molecule has 1 fully saturated rings. The van der Waals surface area contributed by atoms with Crippen molar-refractivity contribution < 1.29 is 33.4 Å². The van der Waals surface area contributed by atoms with Gasteiger partial charge < -0.3 is 14.2 Å². The fourth-order valence-corrected chi connectivity index (χ4v) is 5.24. The van der Waals surface area contributed by atoms with E-state index in [2.05, 4.69) is 5.32 Å². The normalized spacial score (nSPS) is 21.2. The van der Waals surface area contributed by atoms with E-state index in [9.17, 15) is 14.4 Å². The number of methoxy groups -OCH3 is 1. The van der Waals surface area contributed by atoms with Gasteiger partial charge in [0.25, 0.3) is 5.91 Å². The average Bonchev–Trinajstić information content (AvgIpc) is 3.36. The van der Waals surface area contributed by atoms with Crippen LogP contribution < -0.4 is 15.1 Å². The standard InChI is InChI=1S/C29H34N2O7/c1-6-36-26(33)29(27(34)37-7-2)18-28(24(30-29)15-19(3)4)22-14-13-21(35-5)16-23(22)31(25(28)32)38-17-20-11-9-8-10-12-20/h8-16,24,30H,6-7,17-18H2,1-5H3/t24-,28+/m1/s1. The number of nitrogens with zero attached hydrogens (tertiary/aromatic N) is 1. The van der Waals surface area contributed by atoms with Crippen LogP contribution >= 0.6 is 0 Å². The summed E-state index contributed by atoms with van der Waals surface area (Å²) in [6, 6.07) is 14.0. The lowest BCUT2D eigenvalue weighted by atomic mass is 9.71. The first-order valence-electron chi connectivity index (χ1n) is 12.7. The van der Waals surface area contributed by atoms with Gasteiger partial charge in [0, 0.05) is 18.5 Å². The fourth-order valence-electron chi connectivity index (χ4n) is 5.24. The Hall–Kier alpha value is -3.69. The first-order chi connectivity index (χ1) is 18.2. The molecule has 0 aromatic heterocycles. The van der Waals surface area contributed by atoms with Crippen molar-refractivity contribution in [1.29, 1.82) is 0 Å². The molecule has 2 aliphatic rings. The van der Waals surface area contributed by atoms with E-state index >= 15 is 0 Å². The van der Waals surface area contributed by atoms with Crippen LogP contribution in [-0.2, 0) is 40.7 Å². The summed E-state index contributed by atoms with van der Waals surface area (Å²) in [5.41, 5.74) is -0.356. The van der Waals surface area contributed by atoms with Crippen molar-refractivity contribution in [3.05, 3.63) is 71.3 Å². The van der Waals surface area contributed by atoms with E-state index in [1.807, 2.05) is 50.3 Å². The van der Waals surface area contributed by atoms with E-state index in [0.29, 0.717) is 17.0 Å². The van der Waals surface area contributed by atoms with E-state index in [1.54, 1.807) is 39.2 Å². The molecule has 38 heavy (non-hydrogen) atoms. The average molecular weight is 523 g/mol. The summed E-state index contributed by atoms with van der Waals surface area (Å²) in [6.07, 6.45) is 1.66. The SMILES string of the molecule is CCOC(=O)C1(C(=O)OCC)C[C@@]2(C(=O)N(OCc3ccccc3)c3cc(OC)ccc32)[C@@H](C=C(C)C)N1. The van der Waals surface area contributed by atoms with Crippen LogP contribution in [0.3, 0.4) is 0 Å². The molecule has 0 aliphatic carbocycles. The van der Waals surface area contributed by atoms with Crippen molar-refractivity contribution in [2.24, 2.45) is 0 Å². The summed E-state index contributed by atoms with van der Waals surface area (Å²) < 4.78 is 16.1. The number of amides is 1. The monoisotopic (exact) mass is 522 g/mol. The van der Waals surface area contributed by atoms with Crippen LogP contribution in [0.2, 0.25) is 0 Å². The van der Waals surface area contributed by atoms with E-state index < -0.39 is 34.8 Å². The minimum Gasteiger partial charge on any atom is -0.497 e. The van der Waals surface area contributed by atoms with Crippen LogP contribution in [0.5, 0.6) is 5.75 Å². The first kappa shape index (κ1) is 27.3. The molecule has 9 heteroatoms. The number of hydroxylamine groups is 1. The number of carbonyl (C=O) groups excluding carboxylic acids is 3.